The van der Waals surface area contributed by atoms with E-state index < -0.39 is 0 Å². The van der Waals surface area contributed by atoms with E-state index in [1.807, 2.05) is 24.3 Å². The van der Waals surface area contributed by atoms with Gasteiger partial charge in [-0.2, -0.15) is 0 Å². The molecule has 0 saturated heterocycles. The average molecular weight is 253 g/mol. The lowest BCUT2D eigenvalue weighted by atomic mass is 10.2. The minimum absolute atomic E-state index is 0.0251. The molecule has 1 aromatic carbocycles. The molecule has 4 heteroatoms. The van der Waals surface area contributed by atoms with Gasteiger partial charge in [-0.25, -0.2) is 0 Å². The summed E-state index contributed by atoms with van der Waals surface area (Å²) in [6.07, 6.45) is 0. The predicted molar refractivity (Wildman–Crippen MR) is 59.2 cm³/mol. The van der Waals surface area contributed by atoms with Gasteiger partial charge in [-0.15, -0.1) is 0 Å². The minimum atomic E-state index is -0.0251. The van der Waals surface area contributed by atoms with Crippen molar-refractivity contribution in [3.05, 3.63) is 45.2 Å². The van der Waals surface area contributed by atoms with Crippen molar-refractivity contribution in [1.82, 2.24) is 9.78 Å². The van der Waals surface area contributed by atoms with Gasteiger partial charge in [-0.3, -0.25) is 14.6 Å². The monoisotopic (exact) mass is 252 g/mol. The maximum atomic E-state index is 11.2. The maximum absolute atomic E-state index is 11.2. The fraction of sp³-hybridized carbons (Fsp3) is 0.100. The van der Waals surface area contributed by atoms with Crippen LogP contribution in [0.2, 0.25) is 0 Å². The van der Waals surface area contributed by atoms with Gasteiger partial charge >= 0.3 is 0 Å². The fourth-order valence-electron chi connectivity index (χ4n) is 1.27. The quantitative estimate of drug-likeness (QED) is 0.830. The van der Waals surface area contributed by atoms with Crippen LogP contribution in [0, 0.1) is 0 Å². The highest BCUT2D eigenvalue weighted by Crippen LogP contribution is 2.18. The molecule has 2 rings (SSSR count). The Morgan fingerprint density at radius 3 is 2.43 bits per heavy atom. The Bertz CT molecular complexity index is 496. The lowest BCUT2D eigenvalue weighted by Gasteiger charge is -1.97. The molecule has 0 spiro atoms. The van der Waals surface area contributed by atoms with Gasteiger partial charge in [-0.1, -0.05) is 28.1 Å². The molecule has 0 bridgehead atoms. The van der Waals surface area contributed by atoms with Gasteiger partial charge in [0.25, 0.3) is 5.56 Å². The molecule has 0 atom stereocenters. The zero-order valence-corrected chi connectivity index (χ0v) is 9.21. The number of aromatic amines is 1. The second-order valence-corrected chi connectivity index (χ2v) is 3.99. The Hall–Kier alpha value is -1.29. The number of benzene rings is 1. The highest BCUT2D eigenvalue weighted by molar-refractivity contribution is 9.10. The third kappa shape index (κ3) is 1.65. The highest BCUT2D eigenvalue weighted by Gasteiger charge is 2.01. The van der Waals surface area contributed by atoms with Crippen LogP contribution < -0.4 is 5.56 Å². The molecule has 0 unspecified atom stereocenters. The average Bonchev–Trinajstić information content (AvgIpc) is 2.48. The summed E-state index contributed by atoms with van der Waals surface area (Å²) >= 11 is 3.36. The first-order valence-corrected chi connectivity index (χ1v) is 4.98. The van der Waals surface area contributed by atoms with E-state index in [0.29, 0.717) is 0 Å². The van der Waals surface area contributed by atoms with Gasteiger partial charge in [0, 0.05) is 17.6 Å². The molecule has 3 nitrogen and oxygen atoms in total. The van der Waals surface area contributed by atoms with Crippen LogP contribution in [-0.4, -0.2) is 9.78 Å². The molecule has 1 N–H and O–H groups in total. The van der Waals surface area contributed by atoms with Crippen molar-refractivity contribution in [1.29, 1.82) is 0 Å². The van der Waals surface area contributed by atoms with E-state index in [4.69, 9.17) is 0 Å². The zero-order chi connectivity index (χ0) is 10.1. The van der Waals surface area contributed by atoms with E-state index in [9.17, 15) is 4.79 Å². The van der Waals surface area contributed by atoms with Gasteiger partial charge in [0.05, 0.1) is 5.69 Å². The fourth-order valence-corrected chi connectivity index (χ4v) is 1.53. The molecular formula is C10H9BrN2O. The largest absolute Gasteiger partial charge is 0.295 e. The van der Waals surface area contributed by atoms with Crippen LogP contribution in [0.25, 0.3) is 11.3 Å². The molecule has 0 fully saturated rings. The van der Waals surface area contributed by atoms with Gasteiger partial charge in [0.15, 0.2) is 0 Å². The Balaban J connectivity index is 2.49. The summed E-state index contributed by atoms with van der Waals surface area (Å²) in [7, 11) is 1.70. The first-order chi connectivity index (χ1) is 6.66. The van der Waals surface area contributed by atoms with E-state index in [0.717, 1.165) is 15.7 Å². The number of nitrogens with one attached hydrogen (secondary N) is 1. The van der Waals surface area contributed by atoms with Crippen LogP contribution in [-0.2, 0) is 7.05 Å². The number of H-pyrrole nitrogens is 1. The molecule has 72 valence electrons. The smallest absolute Gasteiger partial charge is 0.266 e. The number of aromatic nitrogens is 2. The van der Waals surface area contributed by atoms with Crippen molar-refractivity contribution in [2.45, 2.75) is 0 Å². The summed E-state index contributed by atoms with van der Waals surface area (Å²) in [6, 6.07) is 9.38. The molecular weight excluding hydrogens is 244 g/mol. The van der Waals surface area contributed by atoms with E-state index in [2.05, 4.69) is 21.0 Å². The van der Waals surface area contributed by atoms with E-state index in [1.165, 1.54) is 4.68 Å². The molecule has 0 aliphatic rings. The lowest BCUT2D eigenvalue weighted by molar-refractivity contribution is 0.742. The van der Waals surface area contributed by atoms with Gasteiger partial charge < -0.3 is 0 Å². The molecule has 0 aliphatic heterocycles. The Kier molecular flexibility index (Phi) is 2.29. The lowest BCUT2D eigenvalue weighted by Crippen LogP contribution is -2.09. The maximum Gasteiger partial charge on any atom is 0.266 e. The highest BCUT2D eigenvalue weighted by atomic mass is 79.9. The standard InChI is InChI=1S/C10H9BrN2O/c1-13-10(14)6-9(12-13)7-2-4-8(11)5-3-7/h2-6,12H,1H3. The predicted octanol–water partition coefficient (Wildman–Crippen LogP) is 2.14. The second kappa shape index (κ2) is 3.46. The molecule has 14 heavy (non-hydrogen) atoms. The van der Waals surface area contributed by atoms with Crippen molar-refractivity contribution in [3.63, 3.8) is 0 Å². The molecule has 1 heterocycles. The second-order valence-electron chi connectivity index (χ2n) is 3.07. The number of nitrogens with zero attached hydrogens (tertiary/aromatic N) is 1. The van der Waals surface area contributed by atoms with Crippen LogP contribution in [0.5, 0.6) is 0 Å². The number of rotatable bonds is 1. The van der Waals surface area contributed by atoms with Crippen LogP contribution in [0.15, 0.2) is 39.6 Å². The van der Waals surface area contributed by atoms with Gasteiger partial charge in [0.1, 0.15) is 0 Å². The molecule has 1 aromatic heterocycles. The summed E-state index contributed by atoms with van der Waals surface area (Å²) in [4.78, 5) is 11.2. The first-order valence-electron chi connectivity index (χ1n) is 4.19. The molecule has 0 amide bonds. The summed E-state index contributed by atoms with van der Waals surface area (Å²) in [5.41, 5.74) is 1.82. The molecule has 2 aromatic rings. The van der Waals surface area contributed by atoms with E-state index in [-0.39, 0.29) is 5.56 Å². The van der Waals surface area contributed by atoms with Crippen molar-refractivity contribution < 1.29 is 0 Å². The van der Waals surface area contributed by atoms with Crippen molar-refractivity contribution in [3.8, 4) is 11.3 Å². The molecule has 0 saturated carbocycles. The third-order valence-electron chi connectivity index (χ3n) is 2.04. The van der Waals surface area contributed by atoms with Crippen LogP contribution >= 0.6 is 15.9 Å². The Morgan fingerprint density at radius 1 is 1.29 bits per heavy atom. The Morgan fingerprint density at radius 2 is 1.93 bits per heavy atom. The van der Waals surface area contributed by atoms with Gasteiger partial charge in [0.2, 0.25) is 0 Å². The van der Waals surface area contributed by atoms with Crippen LogP contribution in [0.3, 0.4) is 0 Å². The number of hydrogen-bond acceptors (Lipinski definition) is 1. The minimum Gasteiger partial charge on any atom is -0.295 e. The number of halogens is 1. The first kappa shape index (κ1) is 9.27. The van der Waals surface area contributed by atoms with Crippen LogP contribution in [0.1, 0.15) is 0 Å². The SMILES string of the molecule is Cn1[nH]c(-c2ccc(Br)cc2)cc1=O. The molecule has 0 aliphatic carbocycles. The third-order valence-corrected chi connectivity index (χ3v) is 2.57. The summed E-state index contributed by atoms with van der Waals surface area (Å²) in [5.74, 6) is 0. The topological polar surface area (TPSA) is 37.8 Å². The number of aryl methyl sites for hydroxylation is 1. The van der Waals surface area contributed by atoms with Gasteiger partial charge in [-0.05, 0) is 17.7 Å². The van der Waals surface area contributed by atoms with Crippen molar-refractivity contribution in [2.75, 3.05) is 0 Å². The summed E-state index contributed by atoms with van der Waals surface area (Å²) in [5, 5.41) is 2.97. The summed E-state index contributed by atoms with van der Waals surface area (Å²) in [6.45, 7) is 0. The number of hydrogen-bond donors (Lipinski definition) is 1. The zero-order valence-electron chi connectivity index (χ0n) is 7.62. The van der Waals surface area contributed by atoms with Crippen molar-refractivity contribution in [2.24, 2.45) is 7.05 Å². The summed E-state index contributed by atoms with van der Waals surface area (Å²) < 4.78 is 2.48. The Labute approximate surface area is 89.5 Å². The van der Waals surface area contributed by atoms with E-state index in [1.54, 1.807) is 13.1 Å². The van der Waals surface area contributed by atoms with Crippen LogP contribution in [0.4, 0.5) is 0 Å². The van der Waals surface area contributed by atoms with E-state index >= 15 is 0 Å². The van der Waals surface area contributed by atoms with Crippen molar-refractivity contribution >= 4 is 15.9 Å². The normalized spacial score (nSPS) is 10.4. The molecule has 0 radical (unpaired) electrons.